The zero-order valence-corrected chi connectivity index (χ0v) is 20.8. The van der Waals surface area contributed by atoms with E-state index < -0.39 is 0 Å². The minimum absolute atomic E-state index is 0.00357. The molecule has 1 saturated heterocycles. The van der Waals surface area contributed by atoms with Crippen LogP contribution in [0.15, 0.2) is 36.5 Å². The van der Waals surface area contributed by atoms with Crippen molar-refractivity contribution >= 4 is 34.3 Å². The quantitative estimate of drug-likeness (QED) is 0.541. The highest BCUT2D eigenvalue weighted by atomic mass is 16.2. The second-order valence-corrected chi connectivity index (χ2v) is 9.80. The van der Waals surface area contributed by atoms with E-state index in [1.54, 1.807) is 19.0 Å². The van der Waals surface area contributed by atoms with Crippen LogP contribution < -0.4 is 16.0 Å². The zero-order valence-electron chi connectivity index (χ0n) is 20.8. The minimum atomic E-state index is 0.00357. The van der Waals surface area contributed by atoms with Gasteiger partial charge in [0.25, 0.3) is 5.91 Å². The smallest absolute Gasteiger partial charge is 0.270 e. The van der Waals surface area contributed by atoms with Crippen LogP contribution in [-0.2, 0) is 0 Å². The molecule has 186 valence electrons. The molecule has 0 unspecified atom stereocenters. The predicted octanol–water partition coefficient (Wildman–Crippen LogP) is 3.07. The zero-order chi connectivity index (χ0) is 24.4. The van der Waals surface area contributed by atoms with Crippen molar-refractivity contribution in [2.75, 3.05) is 63.6 Å². The molecule has 2 fully saturated rings. The molecule has 2 aromatic heterocycles. The number of anilines is 3. The Morgan fingerprint density at radius 3 is 2.49 bits per heavy atom. The van der Waals surface area contributed by atoms with Crippen molar-refractivity contribution in [3.8, 4) is 0 Å². The fourth-order valence-corrected chi connectivity index (χ4v) is 5.29. The number of nitrogens with one attached hydrogen (secondary N) is 1. The maximum absolute atomic E-state index is 12.9. The lowest BCUT2D eigenvalue weighted by Crippen LogP contribution is -2.47. The van der Waals surface area contributed by atoms with E-state index in [1.165, 1.54) is 18.5 Å². The molecule has 1 aliphatic carbocycles. The normalized spacial score (nSPS) is 17.3. The summed E-state index contributed by atoms with van der Waals surface area (Å²) in [6.07, 6.45) is 6.34. The van der Waals surface area contributed by atoms with Gasteiger partial charge in [-0.1, -0.05) is 12.8 Å². The fraction of sp³-hybridized carbons (Fsp3) is 0.500. The highest BCUT2D eigenvalue weighted by molar-refractivity contribution is 5.97. The molecule has 2 aliphatic rings. The third-order valence-corrected chi connectivity index (χ3v) is 7.20. The van der Waals surface area contributed by atoms with Crippen LogP contribution in [0.5, 0.6) is 0 Å². The molecule has 35 heavy (non-hydrogen) atoms. The van der Waals surface area contributed by atoms with Gasteiger partial charge in [-0.2, -0.15) is 4.98 Å². The third-order valence-electron chi connectivity index (χ3n) is 7.20. The van der Waals surface area contributed by atoms with Crippen LogP contribution in [0.4, 0.5) is 17.3 Å². The molecular formula is C26H36N8O. The number of benzene rings is 1. The van der Waals surface area contributed by atoms with Gasteiger partial charge >= 0.3 is 0 Å². The summed E-state index contributed by atoms with van der Waals surface area (Å²) in [5.41, 5.74) is 9.38. The number of nitrogens with zero attached hydrogens (tertiary/aromatic N) is 6. The molecular weight excluding hydrogens is 440 g/mol. The van der Waals surface area contributed by atoms with Crippen molar-refractivity contribution in [3.63, 3.8) is 0 Å². The van der Waals surface area contributed by atoms with E-state index in [1.807, 2.05) is 12.3 Å². The average Bonchev–Trinajstić information content (AvgIpc) is 3.52. The van der Waals surface area contributed by atoms with Crippen molar-refractivity contribution < 1.29 is 4.79 Å². The lowest BCUT2D eigenvalue weighted by Gasteiger charge is -2.36. The van der Waals surface area contributed by atoms with Crippen LogP contribution in [0.1, 0.15) is 42.2 Å². The lowest BCUT2D eigenvalue weighted by atomic mass is 10.2. The number of aromatic nitrogens is 3. The summed E-state index contributed by atoms with van der Waals surface area (Å²) in [4.78, 5) is 28.8. The highest BCUT2D eigenvalue weighted by Crippen LogP contribution is 2.35. The Morgan fingerprint density at radius 1 is 1.11 bits per heavy atom. The number of hydrogen-bond acceptors (Lipinski definition) is 7. The van der Waals surface area contributed by atoms with Gasteiger partial charge in [-0.15, -0.1) is 0 Å². The molecule has 9 nitrogen and oxygen atoms in total. The van der Waals surface area contributed by atoms with Crippen molar-refractivity contribution in [1.29, 1.82) is 0 Å². The van der Waals surface area contributed by atoms with Crippen molar-refractivity contribution in [3.05, 3.63) is 42.2 Å². The van der Waals surface area contributed by atoms with Gasteiger partial charge < -0.3 is 25.4 Å². The molecule has 1 amide bonds. The number of rotatable bonds is 7. The van der Waals surface area contributed by atoms with Crippen molar-refractivity contribution in [1.82, 2.24) is 24.3 Å². The topological polar surface area (TPSA) is 95.6 Å². The molecule has 9 heteroatoms. The summed E-state index contributed by atoms with van der Waals surface area (Å²) in [6.45, 7) is 5.80. The van der Waals surface area contributed by atoms with Gasteiger partial charge in [-0.05, 0) is 43.2 Å². The van der Waals surface area contributed by atoms with Crippen LogP contribution in [0.2, 0.25) is 0 Å². The molecule has 3 heterocycles. The standard InChI is InChI=1S/C26H36N8O/c1-31(2)25(35)23-17-19-18-28-26(30-24(19)34(23)22-5-3-4-6-22)29-20-7-9-21(10-8-20)33-15-13-32(12-11-27)14-16-33/h7-10,17-18,22H,3-6,11-16,27H2,1-2H3,(H,28,29,30). The van der Waals surface area contributed by atoms with Gasteiger partial charge in [0.15, 0.2) is 0 Å². The van der Waals surface area contributed by atoms with E-state index in [4.69, 9.17) is 10.7 Å². The maximum atomic E-state index is 12.9. The van der Waals surface area contributed by atoms with E-state index in [0.29, 0.717) is 24.2 Å². The van der Waals surface area contributed by atoms with Gasteiger partial charge in [0.1, 0.15) is 11.3 Å². The van der Waals surface area contributed by atoms with Gasteiger partial charge in [0.2, 0.25) is 5.95 Å². The molecule has 0 spiro atoms. The first-order chi connectivity index (χ1) is 17.0. The van der Waals surface area contributed by atoms with Crippen molar-refractivity contribution in [2.24, 2.45) is 5.73 Å². The molecule has 3 aromatic rings. The summed E-state index contributed by atoms with van der Waals surface area (Å²) in [5, 5.41) is 4.26. The van der Waals surface area contributed by atoms with Crippen LogP contribution in [-0.4, -0.2) is 83.6 Å². The van der Waals surface area contributed by atoms with Crippen LogP contribution in [0.3, 0.4) is 0 Å². The fourth-order valence-electron chi connectivity index (χ4n) is 5.29. The van der Waals surface area contributed by atoms with E-state index in [-0.39, 0.29) is 5.91 Å². The Balaban J connectivity index is 1.35. The number of amides is 1. The van der Waals surface area contributed by atoms with E-state index in [2.05, 4.69) is 48.9 Å². The molecule has 1 saturated carbocycles. The van der Waals surface area contributed by atoms with E-state index >= 15 is 0 Å². The minimum Gasteiger partial charge on any atom is -0.369 e. The van der Waals surface area contributed by atoms with Gasteiger partial charge in [0, 0.05) is 82.4 Å². The number of carbonyl (C=O) groups is 1. The summed E-state index contributed by atoms with van der Waals surface area (Å²) in [5.74, 6) is 0.547. The Labute approximate surface area is 206 Å². The summed E-state index contributed by atoms with van der Waals surface area (Å²) >= 11 is 0. The molecule has 3 N–H and O–H groups in total. The third kappa shape index (κ3) is 4.97. The highest BCUT2D eigenvalue weighted by Gasteiger charge is 2.26. The number of piperazine rings is 1. The molecule has 5 rings (SSSR count). The maximum Gasteiger partial charge on any atom is 0.270 e. The first kappa shape index (κ1) is 23.6. The Hall–Kier alpha value is -3.17. The van der Waals surface area contributed by atoms with Crippen LogP contribution >= 0.6 is 0 Å². The Kier molecular flexibility index (Phi) is 6.88. The average molecular weight is 477 g/mol. The number of hydrogen-bond donors (Lipinski definition) is 2. The summed E-state index contributed by atoms with van der Waals surface area (Å²) in [6, 6.07) is 10.7. The lowest BCUT2D eigenvalue weighted by molar-refractivity contribution is 0.0815. The summed E-state index contributed by atoms with van der Waals surface area (Å²) in [7, 11) is 3.59. The van der Waals surface area contributed by atoms with Gasteiger partial charge in [-0.3, -0.25) is 9.69 Å². The number of nitrogens with two attached hydrogens (primary N) is 1. The Morgan fingerprint density at radius 2 is 1.83 bits per heavy atom. The molecule has 0 bridgehead atoms. The number of carbonyl (C=O) groups excluding carboxylic acids is 1. The van der Waals surface area contributed by atoms with Crippen molar-refractivity contribution in [2.45, 2.75) is 31.7 Å². The predicted molar refractivity (Wildman–Crippen MR) is 140 cm³/mol. The molecule has 0 atom stereocenters. The van der Waals surface area contributed by atoms with Crippen LogP contribution in [0.25, 0.3) is 11.0 Å². The molecule has 1 aliphatic heterocycles. The first-order valence-electron chi connectivity index (χ1n) is 12.7. The second kappa shape index (κ2) is 10.2. The molecule has 0 radical (unpaired) electrons. The first-order valence-corrected chi connectivity index (χ1v) is 12.7. The SMILES string of the molecule is CN(C)C(=O)c1cc2cnc(Nc3ccc(N4CCN(CCN)CC4)cc3)nc2n1C1CCCC1. The van der Waals surface area contributed by atoms with E-state index in [0.717, 1.165) is 62.3 Å². The Bertz CT molecular complexity index is 1160. The van der Waals surface area contributed by atoms with E-state index in [9.17, 15) is 4.79 Å². The van der Waals surface area contributed by atoms with Crippen LogP contribution in [0, 0.1) is 0 Å². The number of fused-ring (bicyclic) bond motifs is 1. The monoisotopic (exact) mass is 476 g/mol. The second-order valence-electron chi connectivity index (χ2n) is 9.80. The van der Waals surface area contributed by atoms with Gasteiger partial charge in [0.05, 0.1) is 0 Å². The van der Waals surface area contributed by atoms with Gasteiger partial charge in [-0.25, -0.2) is 4.98 Å². The summed E-state index contributed by atoms with van der Waals surface area (Å²) < 4.78 is 2.14. The largest absolute Gasteiger partial charge is 0.369 e. The molecule has 1 aromatic carbocycles.